The Balaban J connectivity index is 2.06. The molecule has 27 heavy (non-hydrogen) atoms. The highest BCUT2D eigenvalue weighted by molar-refractivity contribution is 6.02. The molecule has 2 aromatic rings. The van der Waals surface area contributed by atoms with Crippen molar-refractivity contribution in [1.82, 2.24) is 0 Å². The zero-order valence-corrected chi connectivity index (χ0v) is 15.9. The standard InChI is InChI=1S/C22H25NO4/c1-4-26-22(27-5-2)20(17-9-7-6-8-10-17)15-16-23(21(22)24)18-11-13-19(25-3)14-12-18/h6-16,20H,4-5H2,1-3H3. The molecule has 0 aliphatic carbocycles. The molecule has 1 heterocycles. The second-order valence-corrected chi connectivity index (χ2v) is 6.14. The van der Waals surface area contributed by atoms with Gasteiger partial charge in [-0.05, 0) is 43.7 Å². The summed E-state index contributed by atoms with van der Waals surface area (Å²) in [4.78, 5) is 15.1. The van der Waals surface area contributed by atoms with Crippen LogP contribution >= 0.6 is 0 Å². The average molecular weight is 367 g/mol. The molecule has 142 valence electrons. The summed E-state index contributed by atoms with van der Waals surface area (Å²) in [7, 11) is 1.61. The summed E-state index contributed by atoms with van der Waals surface area (Å²) < 4.78 is 17.2. The minimum absolute atomic E-state index is 0.243. The monoisotopic (exact) mass is 367 g/mol. The van der Waals surface area contributed by atoms with E-state index in [0.717, 1.165) is 17.0 Å². The third-order valence-electron chi connectivity index (χ3n) is 4.58. The van der Waals surface area contributed by atoms with Gasteiger partial charge in [0.25, 0.3) is 11.7 Å². The Kier molecular flexibility index (Phi) is 5.94. The maximum Gasteiger partial charge on any atom is 0.292 e. The number of amides is 1. The van der Waals surface area contributed by atoms with Gasteiger partial charge in [0.1, 0.15) is 5.75 Å². The third kappa shape index (κ3) is 3.61. The lowest BCUT2D eigenvalue weighted by Crippen LogP contribution is -2.57. The number of rotatable bonds is 7. The van der Waals surface area contributed by atoms with Crippen molar-refractivity contribution in [2.24, 2.45) is 0 Å². The summed E-state index contributed by atoms with van der Waals surface area (Å²) >= 11 is 0. The number of ether oxygens (including phenoxy) is 3. The van der Waals surface area contributed by atoms with E-state index in [1.807, 2.05) is 74.5 Å². The van der Waals surface area contributed by atoms with E-state index in [1.54, 1.807) is 18.2 Å². The molecule has 0 bridgehead atoms. The van der Waals surface area contributed by atoms with Crippen LogP contribution in [0.3, 0.4) is 0 Å². The first-order valence-corrected chi connectivity index (χ1v) is 9.15. The number of carbonyl (C=O) groups is 1. The van der Waals surface area contributed by atoms with E-state index in [2.05, 4.69) is 0 Å². The highest BCUT2D eigenvalue weighted by Gasteiger charge is 2.52. The largest absolute Gasteiger partial charge is 0.497 e. The molecular weight excluding hydrogens is 342 g/mol. The molecule has 1 unspecified atom stereocenters. The van der Waals surface area contributed by atoms with Crippen LogP contribution in [0.15, 0.2) is 66.9 Å². The first-order valence-electron chi connectivity index (χ1n) is 9.15. The van der Waals surface area contributed by atoms with Crippen LogP contribution < -0.4 is 9.64 Å². The minimum atomic E-state index is -1.40. The van der Waals surface area contributed by atoms with E-state index in [-0.39, 0.29) is 11.8 Å². The topological polar surface area (TPSA) is 48.0 Å². The van der Waals surface area contributed by atoms with Crippen LogP contribution in [0.1, 0.15) is 25.3 Å². The zero-order valence-electron chi connectivity index (χ0n) is 15.9. The van der Waals surface area contributed by atoms with Gasteiger partial charge in [-0.25, -0.2) is 0 Å². The molecule has 0 radical (unpaired) electrons. The zero-order chi connectivity index (χ0) is 19.3. The quantitative estimate of drug-likeness (QED) is 0.691. The summed E-state index contributed by atoms with van der Waals surface area (Å²) in [5, 5.41) is 0. The van der Waals surface area contributed by atoms with Crippen molar-refractivity contribution >= 4 is 11.6 Å². The highest BCUT2D eigenvalue weighted by Crippen LogP contribution is 2.40. The van der Waals surface area contributed by atoms with E-state index in [1.165, 1.54) is 0 Å². The minimum Gasteiger partial charge on any atom is -0.497 e. The van der Waals surface area contributed by atoms with Crippen LogP contribution in [-0.4, -0.2) is 32.0 Å². The Bertz CT molecular complexity index is 780. The van der Waals surface area contributed by atoms with Gasteiger partial charge in [-0.3, -0.25) is 9.69 Å². The summed E-state index contributed by atoms with van der Waals surface area (Å²) in [6, 6.07) is 17.1. The second kappa shape index (κ2) is 8.37. The van der Waals surface area contributed by atoms with Crippen LogP contribution in [0, 0.1) is 0 Å². The molecule has 3 rings (SSSR count). The molecule has 0 saturated carbocycles. The molecule has 1 atom stereocenters. The first-order chi connectivity index (χ1) is 13.2. The number of hydrogen-bond acceptors (Lipinski definition) is 4. The third-order valence-corrected chi connectivity index (χ3v) is 4.58. The Hall–Kier alpha value is -2.63. The van der Waals surface area contributed by atoms with Gasteiger partial charge >= 0.3 is 0 Å². The number of anilines is 1. The second-order valence-electron chi connectivity index (χ2n) is 6.14. The summed E-state index contributed by atoms with van der Waals surface area (Å²) in [6.45, 7) is 4.46. The summed E-state index contributed by atoms with van der Waals surface area (Å²) in [5.74, 6) is -1.25. The lowest BCUT2D eigenvalue weighted by molar-refractivity contribution is -0.232. The van der Waals surface area contributed by atoms with Crippen molar-refractivity contribution in [3.05, 3.63) is 72.4 Å². The van der Waals surface area contributed by atoms with Crippen molar-refractivity contribution in [3.63, 3.8) is 0 Å². The molecule has 0 fully saturated rings. The summed E-state index contributed by atoms with van der Waals surface area (Å²) in [6.07, 6.45) is 3.75. The molecule has 0 N–H and O–H groups in total. The highest BCUT2D eigenvalue weighted by atomic mass is 16.7. The molecular formula is C22H25NO4. The lowest BCUT2D eigenvalue weighted by atomic mass is 9.86. The maximum atomic E-state index is 13.6. The van der Waals surface area contributed by atoms with Crippen molar-refractivity contribution in [2.75, 3.05) is 25.2 Å². The molecule has 5 nitrogen and oxygen atoms in total. The Morgan fingerprint density at radius 2 is 1.59 bits per heavy atom. The fraction of sp³-hybridized carbons (Fsp3) is 0.318. The van der Waals surface area contributed by atoms with E-state index < -0.39 is 5.79 Å². The fourth-order valence-electron chi connectivity index (χ4n) is 3.38. The fourth-order valence-corrected chi connectivity index (χ4v) is 3.38. The number of hydrogen-bond donors (Lipinski definition) is 0. The van der Waals surface area contributed by atoms with Gasteiger partial charge in [-0.15, -0.1) is 0 Å². The lowest BCUT2D eigenvalue weighted by Gasteiger charge is -2.42. The van der Waals surface area contributed by atoms with Crippen molar-refractivity contribution in [2.45, 2.75) is 25.6 Å². The van der Waals surface area contributed by atoms with Crippen LogP contribution in [0.2, 0.25) is 0 Å². The van der Waals surface area contributed by atoms with Gasteiger partial charge in [-0.1, -0.05) is 36.4 Å². The number of carbonyl (C=O) groups excluding carboxylic acids is 1. The Morgan fingerprint density at radius 3 is 2.15 bits per heavy atom. The SMILES string of the molecule is CCOC1(OCC)C(=O)N(c2ccc(OC)cc2)C=CC1c1ccccc1. The maximum absolute atomic E-state index is 13.6. The number of methoxy groups -OCH3 is 1. The van der Waals surface area contributed by atoms with E-state index in [4.69, 9.17) is 14.2 Å². The van der Waals surface area contributed by atoms with Gasteiger partial charge in [0.2, 0.25) is 0 Å². The van der Waals surface area contributed by atoms with E-state index in [9.17, 15) is 4.79 Å². The molecule has 0 spiro atoms. The van der Waals surface area contributed by atoms with Crippen LogP contribution in [0.25, 0.3) is 0 Å². The summed E-state index contributed by atoms with van der Waals surface area (Å²) in [5.41, 5.74) is 1.70. The van der Waals surface area contributed by atoms with Crippen molar-refractivity contribution in [1.29, 1.82) is 0 Å². The molecule has 1 aliphatic rings. The van der Waals surface area contributed by atoms with E-state index in [0.29, 0.717) is 13.2 Å². The average Bonchev–Trinajstić information content (AvgIpc) is 2.71. The van der Waals surface area contributed by atoms with Gasteiger partial charge in [0.15, 0.2) is 0 Å². The van der Waals surface area contributed by atoms with Crippen LogP contribution in [-0.2, 0) is 14.3 Å². The van der Waals surface area contributed by atoms with Crippen LogP contribution in [0.4, 0.5) is 5.69 Å². The number of benzene rings is 2. The smallest absolute Gasteiger partial charge is 0.292 e. The van der Waals surface area contributed by atoms with Gasteiger partial charge in [-0.2, -0.15) is 0 Å². The first kappa shape index (κ1) is 19.1. The predicted octanol–water partition coefficient (Wildman–Crippen LogP) is 4.11. The normalized spacial score (nSPS) is 18.6. The molecule has 1 aliphatic heterocycles. The van der Waals surface area contributed by atoms with Crippen molar-refractivity contribution < 1.29 is 19.0 Å². The molecule has 1 amide bonds. The van der Waals surface area contributed by atoms with E-state index >= 15 is 0 Å². The van der Waals surface area contributed by atoms with Gasteiger partial charge in [0, 0.05) is 25.1 Å². The Morgan fingerprint density at radius 1 is 0.963 bits per heavy atom. The predicted molar refractivity (Wildman–Crippen MR) is 105 cm³/mol. The Labute approximate surface area is 160 Å². The molecule has 2 aromatic carbocycles. The molecule has 0 saturated heterocycles. The molecule has 0 aromatic heterocycles. The molecule has 5 heteroatoms. The van der Waals surface area contributed by atoms with Gasteiger partial charge in [0.05, 0.1) is 13.0 Å². The van der Waals surface area contributed by atoms with Crippen LogP contribution in [0.5, 0.6) is 5.75 Å². The van der Waals surface area contributed by atoms with Crippen molar-refractivity contribution in [3.8, 4) is 5.75 Å². The van der Waals surface area contributed by atoms with Gasteiger partial charge < -0.3 is 14.2 Å². The number of nitrogens with zero attached hydrogens (tertiary/aromatic N) is 1.